The largest absolute Gasteiger partial charge is 0.476 e. The Morgan fingerprint density at radius 2 is 2.43 bits per heavy atom. The van der Waals surface area contributed by atoms with Gasteiger partial charge in [-0.2, -0.15) is 0 Å². The van der Waals surface area contributed by atoms with Gasteiger partial charge in [-0.25, -0.2) is 9.78 Å². The maximum atomic E-state index is 10.7. The summed E-state index contributed by atoms with van der Waals surface area (Å²) in [6.07, 6.45) is 0. The number of carbonyl (C=O) groups is 1. The predicted molar refractivity (Wildman–Crippen MR) is 54.2 cm³/mol. The number of aromatic carboxylic acids is 1. The molecule has 0 saturated carbocycles. The molecule has 0 unspecified atom stereocenters. The minimum Gasteiger partial charge on any atom is -0.476 e. The van der Waals surface area contributed by atoms with E-state index in [4.69, 9.17) is 9.84 Å². The van der Waals surface area contributed by atoms with Gasteiger partial charge in [0.2, 0.25) is 0 Å². The van der Waals surface area contributed by atoms with Crippen LogP contribution in [-0.2, 0) is 4.74 Å². The van der Waals surface area contributed by atoms with Crippen LogP contribution in [0.15, 0.2) is 0 Å². The third kappa shape index (κ3) is 2.68. The first-order valence-corrected chi connectivity index (χ1v) is 4.90. The number of carboxylic acids is 1. The summed E-state index contributed by atoms with van der Waals surface area (Å²) in [4.78, 5) is 14.6. The molecule has 0 fully saturated rings. The lowest BCUT2D eigenvalue weighted by molar-refractivity contribution is 0.0692. The van der Waals surface area contributed by atoms with Crippen LogP contribution in [0, 0.1) is 6.92 Å². The summed E-state index contributed by atoms with van der Waals surface area (Å²) >= 11 is 1.33. The highest BCUT2D eigenvalue weighted by atomic mass is 32.1. The molecule has 1 aromatic heterocycles. The van der Waals surface area contributed by atoms with E-state index in [1.54, 1.807) is 14.0 Å². The number of nitrogens with one attached hydrogen (secondary N) is 1. The van der Waals surface area contributed by atoms with Crippen molar-refractivity contribution in [2.75, 3.05) is 25.6 Å². The van der Waals surface area contributed by atoms with Crippen LogP contribution < -0.4 is 5.32 Å². The SMILES string of the molecule is COCCNc1sc(C)nc1C(=O)O. The zero-order valence-corrected chi connectivity index (χ0v) is 8.85. The summed E-state index contributed by atoms with van der Waals surface area (Å²) in [6.45, 7) is 2.90. The van der Waals surface area contributed by atoms with Crippen molar-refractivity contribution in [3.8, 4) is 0 Å². The molecule has 0 amide bonds. The van der Waals surface area contributed by atoms with Gasteiger partial charge in [0.1, 0.15) is 5.00 Å². The second kappa shape index (κ2) is 4.92. The summed E-state index contributed by atoms with van der Waals surface area (Å²) in [7, 11) is 1.59. The number of thiazole rings is 1. The molecule has 0 saturated heterocycles. The Labute approximate surface area is 85.7 Å². The molecule has 1 aromatic rings. The molecule has 14 heavy (non-hydrogen) atoms. The van der Waals surface area contributed by atoms with E-state index in [1.165, 1.54) is 11.3 Å². The van der Waals surface area contributed by atoms with Gasteiger partial charge in [-0.3, -0.25) is 0 Å². The van der Waals surface area contributed by atoms with Gasteiger partial charge in [0.05, 0.1) is 11.6 Å². The van der Waals surface area contributed by atoms with E-state index in [9.17, 15) is 4.79 Å². The summed E-state index contributed by atoms with van der Waals surface area (Å²) < 4.78 is 4.84. The van der Waals surface area contributed by atoms with Crippen molar-refractivity contribution >= 4 is 22.3 Å². The first-order valence-electron chi connectivity index (χ1n) is 4.08. The standard InChI is InChI=1S/C8H12N2O3S/c1-5-10-6(8(11)12)7(14-5)9-3-4-13-2/h9H,3-4H2,1-2H3,(H,11,12). The second-order valence-corrected chi connectivity index (χ2v) is 3.84. The van der Waals surface area contributed by atoms with Crippen LogP contribution in [0.2, 0.25) is 0 Å². The molecule has 0 atom stereocenters. The summed E-state index contributed by atoms with van der Waals surface area (Å²) in [5.74, 6) is -1.01. The van der Waals surface area contributed by atoms with Crippen molar-refractivity contribution in [2.45, 2.75) is 6.92 Å². The molecule has 78 valence electrons. The molecule has 0 aliphatic rings. The Morgan fingerprint density at radius 1 is 1.71 bits per heavy atom. The number of methoxy groups -OCH3 is 1. The highest BCUT2D eigenvalue weighted by Gasteiger charge is 2.14. The zero-order valence-electron chi connectivity index (χ0n) is 8.03. The van der Waals surface area contributed by atoms with Gasteiger partial charge in [-0.1, -0.05) is 0 Å². The van der Waals surface area contributed by atoms with Gasteiger partial charge >= 0.3 is 5.97 Å². The highest BCUT2D eigenvalue weighted by Crippen LogP contribution is 2.23. The van der Waals surface area contributed by atoms with Crippen molar-refractivity contribution in [3.63, 3.8) is 0 Å². The average molecular weight is 216 g/mol. The number of rotatable bonds is 5. The maximum Gasteiger partial charge on any atom is 0.357 e. The monoisotopic (exact) mass is 216 g/mol. The molecule has 0 bridgehead atoms. The Kier molecular flexibility index (Phi) is 3.84. The molecule has 0 radical (unpaired) electrons. The Hall–Kier alpha value is -1.14. The summed E-state index contributed by atoms with van der Waals surface area (Å²) in [5.41, 5.74) is 0.0867. The molecule has 2 N–H and O–H groups in total. The van der Waals surface area contributed by atoms with E-state index in [2.05, 4.69) is 10.3 Å². The fraction of sp³-hybridized carbons (Fsp3) is 0.500. The van der Waals surface area contributed by atoms with Crippen molar-refractivity contribution in [1.82, 2.24) is 4.98 Å². The van der Waals surface area contributed by atoms with E-state index in [0.29, 0.717) is 18.2 Å². The van der Waals surface area contributed by atoms with Gasteiger partial charge in [0.25, 0.3) is 0 Å². The lowest BCUT2D eigenvalue weighted by atomic mass is 10.4. The average Bonchev–Trinajstić information content (AvgIpc) is 2.47. The van der Waals surface area contributed by atoms with Crippen LogP contribution in [0.25, 0.3) is 0 Å². The number of aromatic nitrogens is 1. The molecule has 0 aliphatic heterocycles. The third-order valence-electron chi connectivity index (χ3n) is 1.53. The van der Waals surface area contributed by atoms with Gasteiger partial charge < -0.3 is 15.2 Å². The van der Waals surface area contributed by atoms with Crippen LogP contribution in [0.1, 0.15) is 15.5 Å². The van der Waals surface area contributed by atoms with Gasteiger partial charge in [-0.15, -0.1) is 11.3 Å². The molecule has 0 aromatic carbocycles. The molecule has 5 nitrogen and oxygen atoms in total. The van der Waals surface area contributed by atoms with E-state index in [0.717, 1.165) is 5.01 Å². The van der Waals surface area contributed by atoms with Crippen LogP contribution in [0.3, 0.4) is 0 Å². The molecule has 0 aliphatic carbocycles. The molecule has 1 heterocycles. The Balaban J connectivity index is 2.69. The van der Waals surface area contributed by atoms with Crippen molar-refractivity contribution in [1.29, 1.82) is 0 Å². The Bertz CT molecular complexity index is 324. The fourth-order valence-corrected chi connectivity index (χ4v) is 1.79. The summed E-state index contributed by atoms with van der Waals surface area (Å²) in [6, 6.07) is 0. The van der Waals surface area contributed by atoms with Crippen LogP contribution in [0.4, 0.5) is 5.00 Å². The van der Waals surface area contributed by atoms with Crippen molar-refractivity contribution < 1.29 is 14.6 Å². The molecular formula is C8H12N2O3S. The Morgan fingerprint density at radius 3 is 3.00 bits per heavy atom. The van der Waals surface area contributed by atoms with E-state index in [1.807, 2.05) is 0 Å². The molecule has 0 spiro atoms. The smallest absolute Gasteiger partial charge is 0.357 e. The van der Waals surface area contributed by atoms with Gasteiger partial charge in [0, 0.05) is 13.7 Å². The van der Waals surface area contributed by atoms with Gasteiger partial charge in [0.15, 0.2) is 5.69 Å². The lowest BCUT2D eigenvalue weighted by Crippen LogP contribution is -2.09. The maximum absolute atomic E-state index is 10.7. The predicted octanol–water partition coefficient (Wildman–Crippen LogP) is 1.21. The number of carboxylic acid groups (broad SMARTS) is 1. The second-order valence-electron chi connectivity index (χ2n) is 2.64. The topological polar surface area (TPSA) is 71.5 Å². The minimum absolute atomic E-state index is 0.0867. The number of hydrogen-bond donors (Lipinski definition) is 2. The quantitative estimate of drug-likeness (QED) is 0.724. The normalized spacial score (nSPS) is 10.1. The lowest BCUT2D eigenvalue weighted by Gasteiger charge is -2.02. The van der Waals surface area contributed by atoms with Crippen LogP contribution in [-0.4, -0.2) is 36.3 Å². The number of ether oxygens (including phenoxy) is 1. The third-order valence-corrected chi connectivity index (χ3v) is 2.46. The first-order chi connectivity index (χ1) is 6.65. The van der Waals surface area contributed by atoms with E-state index in [-0.39, 0.29) is 5.69 Å². The number of nitrogens with zero attached hydrogens (tertiary/aromatic N) is 1. The number of anilines is 1. The highest BCUT2D eigenvalue weighted by molar-refractivity contribution is 7.16. The molecule has 6 heteroatoms. The van der Waals surface area contributed by atoms with Crippen LogP contribution >= 0.6 is 11.3 Å². The van der Waals surface area contributed by atoms with E-state index < -0.39 is 5.97 Å². The van der Waals surface area contributed by atoms with Crippen LogP contribution in [0.5, 0.6) is 0 Å². The number of aryl methyl sites for hydroxylation is 1. The van der Waals surface area contributed by atoms with E-state index >= 15 is 0 Å². The fourth-order valence-electron chi connectivity index (χ4n) is 0.958. The van der Waals surface area contributed by atoms with Crippen molar-refractivity contribution in [3.05, 3.63) is 10.7 Å². The number of hydrogen-bond acceptors (Lipinski definition) is 5. The first kappa shape index (κ1) is 10.9. The summed E-state index contributed by atoms with van der Waals surface area (Å²) in [5, 5.41) is 13.1. The minimum atomic E-state index is -1.01. The van der Waals surface area contributed by atoms with Crippen molar-refractivity contribution in [2.24, 2.45) is 0 Å². The molecule has 1 rings (SSSR count). The zero-order chi connectivity index (χ0) is 10.6. The molecular weight excluding hydrogens is 204 g/mol. The van der Waals surface area contributed by atoms with Gasteiger partial charge in [-0.05, 0) is 6.92 Å².